The number of nitrogens with zero attached hydrogens (tertiary/aromatic N) is 3. The number of halogens is 1. The third kappa shape index (κ3) is 2.46. The molecule has 0 aromatic carbocycles. The molecule has 3 heterocycles. The van der Waals surface area contributed by atoms with Gasteiger partial charge in [-0.25, -0.2) is 4.98 Å². The molecular weight excluding hydrogens is 282 g/mol. The first-order valence-electron chi connectivity index (χ1n) is 5.91. The van der Waals surface area contributed by atoms with Gasteiger partial charge >= 0.3 is 0 Å². The Hall–Kier alpha value is -0.650. The Morgan fingerprint density at radius 2 is 1.94 bits per heavy atom. The van der Waals surface area contributed by atoms with Crippen LogP contribution in [0, 0.1) is 0 Å². The minimum atomic E-state index is 0.330. The normalized spacial score (nSPS) is 29.4. The predicted octanol–water partition coefficient (Wildman–Crippen LogP) is 1.36. The zero-order chi connectivity index (χ0) is 11.8. The van der Waals surface area contributed by atoms with Gasteiger partial charge in [0, 0.05) is 26.2 Å². The van der Waals surface area contributed by atoms with Gasteiger partial charge in [-0.1, -0.05) is 0 Å². The SMILES string of the molecule is CN1CC2CN(c3ccc(Br)nc3)CC(C1)O2. The molecule has 0 N–H and O–H groups in total. The first-order chi connectivity index (χ1) is 8.20. The van der Waals surface area contributed by atoms with E-state index in [4.69, 9.17) is 4.74 Å². The molecule has 1 aromatic heterocycles. The minimum Gasteiger partial charge on any atom is -0.369 e. The summed E-state index contributed by atoms with van der Waals surface area (Å²) < 4.78 is 6.84. The van der Waals surface area contributed by atoms with E-state index in [1.807, 2.05) is 12.3 Å². The number of hydrogen-bond acceptors (Lipinski definition) is 4. The Bertz CT molecular complexity index is 379. The Labute approximate surface area is 110 Å². The molecule has 2 aliphatic heterocycles. The van der Waals surface area contributed by atoms with E-state index >= 15 is 0 Å². The number of hydrogen-bond donors (Lipinski definition) is 0. The maximum absolute atomic E-state index is 5.96. The molecule has 3 rings (SSSR count). The van der Waals surface area contributed by atoms with Crippen LogP contribution in [0.5, 0.6) is 0 Å². The molecule has 1 aromatic rings. The molecule has 2 bridgehead atoms. The standard InChI is InChI=1S/C12H16BrN3O/c1-15-5-10-7-16(8-11(6-15)17-10)9-2-3-12(13)14-4-9/h2-4,10-11H,5-8H2,1H3. The quantitative estimate of drug-likeness (QED) is 0.732. The second kappa shape index (κ2) is 4.55. The summed E-state index contributed by atoms with van der Waals surface area (Å²) in [5, 5.41) is 0. The van der Waals surface area contributed by atoms with Crippen molar-refractivity contribution < 1.29 is 4.74 Å². The van der Waals surface area contributed by atoms with Crippen LogP contribution in [-0.2, 0) is 4.74 Å². The van der Waals surface area contributed by atoms with Crippen molar-refractivity contribution in [2.24, 2.45) is 0 Å². The molecule has 0 radical (unpaired) electrons. The highest BCUT2D eigenvalue weighted by Crippen LogP contribution is 2.23. The van der Waals surface area contributed by atoms with Gasteiger partial charge in [-0.3, -0.25) is 0 Å². The van der Waals surface area contributed by atoms with Gasteiger partial charge in [0.15, 0.2) is 0 Å². The van der Waals surface area contributed by atoms with E-state index < -0.39 is 0 Å². The molecule has 0 aliphatic carbocycles. The van der Waals surface area contributed by atoms with Crippen LogP contribution in [0.2, 0.25) is 0 Å². The van der Waals surface area contributed by atoms with E-state index in [1.54, 1.807) is 0 Å². The Morgan fingerprint density at radius 1 is 1.24 bits per heavy atom. The number of anilines is 1. The number of aromatic nitrogens is 1. The van der Waals surface area contributed by atoms with Crippen molar-refractivity contribution in [1.82, 2.24) is 9.88 Å². The summed E-state index contributed by atoms with van der Waals surface area (Å²) >= 11 is 3.36. The zero-order valence-electron chi connectivity index (χ0n) is 9.84. The summed E-state index contributed by atoms with van der Waals surface area (Å²) in [5.41, 5.74) is 1.19. The van der Waals surface area contributed by atoms with E-state index in [9.17, 15) is 0 Å². The Morgan fingerprint density at radius 3 is 2.53 bits per heavy atom. The topological polar surface area (TPSA) is 28.6 Å². The molecule has 17 heavy (non-hydrogen) atoms. The Kier molecular flexibility index (Phi) is 3.06. The molecule has 2 saturated heterocycles. The van der Waals surface area contributed by atoms with Gasteiger partial charge in [-0.05, 0) is 35.1 Å². The molecule has 4 nitrogen and oxygen atoms in total. The number of morpholine rings is 2. The lowest BCUT2D eigenvalue weighted by atomic mass is 10.1. The molecule has 2 aliphatic rings. The molecule has 5 heteroatoms. The van der Waals surface area contributed by atoms with Crippen molar-refractivity contribution in [2.45, 2.75) is 12.2 Å². The Balaban J connectivity index is 1.75. The average Bonchev–Trinajstić information content (AvgIpc) is 2.28. The van der Waals surface area contributed by atoms with Gasteiger partial charge in [0.1, 0.15) is 4.60 Å². The molecule has 2 fully saturated rings. The fraction of sp³-hybridized carbons (Fsp3) is 0.583. The summed E-state index contributed by atoms with van der Waals surface area (Å²) in [5.74, 6) is 0. The maximum Gasteiger partial charge on any atom is 0.106 e. The van der Waals surface area contributed by atoms with E-state index in [1.165, 1.54) is 5.69 Å². The highest BCUT2D eigenvalue weighted by molar-refractivity contribution is 9.10. The summed E-state index contributed by atoms with van der Waals surface area (Å²) in [6.07, 6.45) is 2.58. The van der Waals surface area contributed by atoms with Crippen LogP contribution in [0.3, 0.4) is 0 Å². The minimum absolute atomic E-state index is 0.330. The average molecular weight is 298 g/mol. The lowest BCUT2D eigenvalue weighted by molar-refractivity contribution is -0.0875. The van der Waals surface area contributed by atoms with Gasteiger partial charge in [0.05, 0.1) is 24.1 Å². The highest BCUT2D eigenvalue weighted by atomic mass is 79.9. The van der Waals surface area contributed by atoms with E-state index in [2.05, 4.69) is 43.8 Å². The van der Waals surface area contributed by atoms with Crippen LogP contribution in [0.4, 0.5) is 5.69 Å². The predicted molar refractivity (Wildman–Crippen MR) is 70.3 cm³/mol. The van der Waals surface area contributed by atoms with Crippen molar-refractivity contribution in [3.8, 4) is 0 Å². The number of pyridine rings is 1. The van der Waals surface area contributed by atoms with Crippen LogP contribution in [0.15, 0.2) is 22.9 Å². The molecule has 92 valence electrons. The molecule has 2 atom stereocenters. The maximum atomic E-state index is 5.96. The second-order valence-corrected chi connectivity index (χ2v) is 5.66. The highest BCUT2D eigenvalue weighted by Gasteiger charge is 2.33. The molecule has 0 spiro atoms. The first kappa shape index (κ1) is 11.4. The van der Waals surface area contributed by atoms with Gasteiger partial charge in [0.2, 0.25) is 0 Å². The van der Waals surface area contributed by atoms with Crippen molar-refractivity contribution in [1.29, 1.82) is 0 Å². The molecule has 0 saturated carbocycles. The lowest BCUT2D eigenvalue weighted by Gasteiger charge is -2.45. The first-order valence-corrected chi connectivity index (χ1v) is 6.70. The smallest absolute Gasteiger partial charge is 0.106 e. The monoisotopic (exact) mass is 297 g/mol. The third-order valence-corrected chi connectivity index (χ3v) is 3.81. The summed E-state index contributed by atoms with van der Waals surface area (Å²) in [4.78, 5) is 9.02. The number of likely N-dealkylation sites (N-methyl/N-ethyl adjacent to an activating group) is 1. The van der Waals surface area contributed by atoms with Crippen LogP contribution in [0.25, 0.3) is 0 Å². The van der Waals surface area contributed by atoms with Crippen molar-refractivity contribution in [3.05, 3.63) is 22.9 Å². The second-order valence-electron chi connectivity index (χ2n) is 4.85. The van der Waals surface area contributed by atoms with E-state index in [-0.39, 0.29) is 0 Å². The van der Waals surface area contributed by atoms with Crippen molar-refractivity contribution >= 4 is 21.6 Å². The van der Waals surface area contributed by atoms with Gasteiger partial charge in [-0.15, -0.1) is 0 Å². The van der Waals surface area contributed by atoms with Gasteiger partial charge in [-0.2, -0.15) is 0 Å². The molecular formula is C12H16BrN3O. The van der Waals surface area contributed by atoms with E-state index in [0.717, 1.165) is 30.8 Å². The van der Waals surface area contributed by atoms with Crippen molar-refractivity contribution in [3.63, 3.8) is 0 Å². The third-order valence-electron chi connectivity index (χ3n) is 3.34. The number of fused-ring (bicyclic) bond motifs is 2. The number of ether oxygens (including phenoxy) is 1. The molecule has 0 amide bonds. The van der Waals surface area contributed by atoms with Gasteiger partial charge < -0.3 is 14.5 Å². The van der Waals surface area contributed by atoms with Crippen LogP contribution < -0.4 is 4.90 Å². The number of rotatable bonds is 1. The zero-order valence-corrected chi connectivity index (χ0v) is 11.4. The summed E-state index contributed by atoms with van der Waals surface area (Å²) in [7, 11) is 2.17. The molecule has 2 unspecified atom stereocenters. The fourth-order valence-corrected chi connectivity index (χ4v) is 2.90. The fourth-order valence-electron chi connectivity index (χ4n) is 2.66. The largest absolute Gasteiger partial charge is 0.369 e. The van der Waals surface area contributed by atoms with Crippen LogP contribution >= 0.6 is 15.9 Å². The summed E-state index contributed by atoms with van der Waals surface area (Å²) in [6, 6.07) is 4.11. The van der Waals surface area contributed by atoms with Crippen LogP contribution in [-0.4, -0.2) is 55.3 Å². The van der Waals surface area contributed by atoms with Gasteiger partial charge in [0.25, 0.3) is 0 Å². The van der Waals surface area contributed by atoms with E-state index in [0.29, 0.717) is 12.2 Å². The summed E-state index contributed by atoms with van der Waals surface area (Å²) in [6.45, 7) is 3.97. The lowest BCUT2D eigenvalue weighted by Crippen LogP contribution is -2.58. The van der Waals surface area contributed by atoms with Crippen LogP contribution in [0.1, 0.15) is 0 Å². The van der Waals surface area contributed by atoms with Crippen molar-refractivity contribution in [2.75, 3.05) is 38.1 Å².